The van der Waals surface area contributed by atoms with Crippen molar-refractivity contribution in [2.45, 2.75) is 19.8 Å². The minimum Gasteiger partial charge on any atom is -0.480 e. The maximum Gasteiger partial charge on any atom is 0.317 e. The second-order valence-electron chi connectivity index (χ2n) is 2.32. The lowest BCUT2D eigenvalue weighted by Crippen LogP contribution is -2.10. The van der Waals surface area contributed by atoms with Crippen LogP contribution in [0.15, 0.2) is 12.7 Å². The van der Waals surface area contributed by atoms with Crippen LogP contribution in [0.4, 0.5) is 0 Å². The summed E-state index contributed by atoms with van der Waals surface area (Å²) >= 11 is 0. The summed E-state index contributed by atoms with van der Waals surface area (Å²) in [6.07, 6.45) is 4.14. The summed E-state index contributed by atoms with van der Waals surface area (Å²) in [7, 11) is 0. The Morgan fingerprint density at radius 3 is 2.54 bits per heavy atom. The number of rotatable bonds is 6. The van der Waals surface area contributed by atoms with Gasteiger partial charge in [-0.05, 0) is 6.42 Å². The topological polar surface area (TPSA) is 72.5 Å². The van der Waals surface area contributed by atoms with E-state index in [2.05, 4.69) is 19.2 Å². The predicted octanol–water partition coefficient (Wildman–Crippen LogP) is 1.02. The van der Waals surface area contributed by atoms with Gasteiger partial charge in [0.2, 0.25) is 0 Å². The summed E-state index contributed by atoms with van der Waals surface area (Å²) in [5, 5.41) is 7.60. The van der Waals surface area contributed by atoms with Crippen molar-refractivity contribution < 1.29 is 14.6 Å². The molecular formula is C9H19NO3. The zero-order chi connectivity index (χ0) is 10.5. The van der Waals surface area contributed by atoms with Gasteiger partial charge in [0.25, 0.3) is 0 Å². The van der Waals surface area contributed by atoms with Gasteiger partial charge in [-0.3, -0.25) is 4.79 Å². The van der Waals surface area contributed by atoms with Crippen molar-refractivity contribution in [2.24, 2.45) is 5.73 Å². The number of unbranched alkanes of at least 4 members (excludes halogenated alkanes) is 1. The molecule has 0 saturated carbocycles. The molecule has 0 atom stereocenters. The Hall–Kier alpha value is -0.870. The van der Waals surface area contributed by atoms with Gasteiger partial charge in [-0.2, -0.15) is 0 Å². The molecule has 4 heteroatoms. The fourth-order valence-electron chi connectivity index (χ4n) is 0.413. The van der Waals surface area contributed by atoms with E-state index in [1.165, 1.54) is 6.42 Å². The van der Waals surface area contributed by atoms with E-state index in [0.29, 0.717) is 6.61 Å². The molecule has 0 spiro atoms. The van der Waals surface area contributed by atoms with Crippen LogP contribution in [0.25, 0.3) is 0 Å². The quantitative estimate of drug-likeness (QED) is 0.483. The molecule has 0 bridgehead atoms. The number of carbonyl (C=O) groups is 1. The van der Waals surface area contributed by atoms with E-state index in [1.54, 1.807) is 6.08 Å². The molecule has 0 aliphatic carbocycles. The van der Waals surface area contributed by atoms with Crippen LogP contribution in [-0.4, -0.2) is 30.8 Å². The number of hydrogen-bond acceptors (Lipinski definition) is 3. The zero-order valence-electron chi connectivity index (χ0n) is 8.16. The van der Waals surface area contributed by atoms with Gasteiger partial charge in [0.1, 0.15) is 0 Å². The molecule has 0 aromatic rings. The molecule has 4 nitrogen and oxygen atoms in total. The second kappa shape index (κ2) is 13.7. The van der Waals surface area contributed by atoms with Gasteiger partial charge in [0.05, 0.1) is 13.2 Å². The molecule has 0 fully saturated rings. The molecular weight excluding hydrogens is 170 g/mol. The third kappa shape index (κ3) is 24.7. The highest BCUT2D eigenvalue weighted by Crippen LogP contribution is 1.86. The first kappa shape index (κ1) is 14.6. The van der Waals surface area contributed by atoms with Crippen molar-refractivity contribution in [1.82, 2.24) is 0 Å². The van der Waals surface area contributed by atoms with Crippen molar-refractivity contribution in [2.75, 3.05) is 19.8 Å². The Morgan fingerprint density at radius 1 is 1.69 bits per heavy atom. The number of hydrogen-bond donors (Lipinski definition) is 2. The molecule has 0 aliphatic rings. The first-order valence-electron chi connectivity index (χ1n) is 4.29. The summed E-state index contributed by atoms with van der Waals surface area (Å²) in [6, 6.07) is 0. The lowest BCUT2D eigenvalue weighted by molar-refractivity contribution is -0.135. The maximum atomic E-state index is 9.24. The third-order valence-corrected chi connectivity index (χ3v) is 1.05. The maximum absolute atomic E-state index is 9.24. The molecule has 0 aliphatic heterocycles. The van der Waals surface area contributed by atoms with Crippen molar-refractivity contribution in [3.8, 4) is 0 Å². The van der Waals surface area contributed by atoms with Gasteiger partial charge in [-0.1, -0.05) is 19.4 Å². The van der Waals surface area contributed by atoms with E-state index in [0.717, 1.165) is 13.0 Å². The van der Waals surface area contributed by atoms with E-state index in [-0.39, 0.29) is 6.54 Å². The Kier molecular flexibility index (Phi) is 15.4. The molecule has 0 heterocycles. The van der Waals surface area contributed by atoms with E-state index < -0.39 is 5.97 Å². The Morgan fingerprint density at radius 2 is 2.23 bits per heavy atom. The highest BCUT2D eigenvalue weighted by atomic mass is 16.5. The van der Waals surface area contributed by atoms with Gasteiger partial charge < -0.3 is 15.6 Å². The third-order valence-electron chi connectivity index (χ3n) is 1.05. The SMILES string of the molecule is C=CCOCCCC.NCC(=O)O. The standard InChI is InChI=1S/C7H14O.C2H5NO2/c1-3-5-7-8-6-4-2;3-1-2(4)5/h4H,2-3,5-7H2,1H3;1,3H2,(H,4,5). The molecule has 0 rings (SSSR count). The Balaban J connectivity index is 0. The van der Waals surface area contributed by atoms with Gasteiger partial charge in [-0.25, -0.2) is 0 Å². The first-order chi connectivity index (χ1) is 6.18. The average molecular weight is 189 g/mol. The number of carboxylic acid groups (broad SMARTS) is 1. The summed E-state index contributed by atoms with van der Waals surface area (Å²) in [5.41, 5.74) is 4.57. The van der Waals surface area contributed by atoms with Crippen molar-refractivity contribution in [1.29, 1.82) is 0 Å². The summed E-state index contributed by atoms with van der Waals surface area (Å²) in [4.78, 5) is 9.24. The average Bonchev–Trinajstić information content (AvgIpc) is 2.14. The van der Waals surface area contributed by atoms with Crippen LogP contribution in [0.5, 0.6) is 0 Å². The van der Waals surface area contributed by atoms with Crippen LogP contribution in [0.1, 0.15) is 19.8 Å². The minimum absolute atomic E-state index is 0.278. The van der Waals surface area contributed by atoms with Crippen molar-refractivity contribution in [3.63, 3.8) is 0 Å². The van der Waals surface area contributed by atoms with Gasteiger partial charge in [0, 0.05) is 6.61 Å². The molecule has 0 aromatic heterocycles. The molecule has 13 heavy (non-hydrogen) atoms. The monoisotopic (exact) mass is 189 g/mol. The summed E-state index contributed by atoms with van der Waals surface area (Å²) in [5.74, 6) is -0.968. The summed E-state index contributed by atoms with van der Waals surface area (Å²) in [6.45, 7) is 6.98. The highest BCUT2D eigenvalue weighted by molar-refractivity contribution is 5.68. The molecule has 0 radical (unpaired) electrons. The van der Waals surface area contributed by atoms with Gasteiger partial charge in [0.15, 0.2) is 0 Å². The van der Waals surface area contributed by atoms with Crippen LogP contribution in [0.3, 0.4) is 0 Å². The molecule has 78 valence electrons. The first-order valence-corrected chi connectivity index (χ1v) is 4.29. The zero-order valence-corrected chi connectivity index (χ0v) is 8.16. The Labute approximate surface area is 79.4 Å². The highest BCUT2D eigenvalue weighted by Gasteiger charge is 1.81. The van der Waals surface area contributed by atoms with Crippen LogP contribution in [-0.2, 0) is 9.53 Å². The largest absolute Gasteiger partial charge is 0.480 e. The number of aliphatic carboxylic acids is 1. The van der Waals surface area contributed by atoms with Crippen molar-refractivity contribution >= 4 is 5.97 Å². The van der Waals surface area contributed by atoms with Crippen LogP contribution in [0.2, 0.25) is 0 Å². The Bertz CT molecular complexity index is 126. The second-order valence-corrected chi connectivity index (χ2v) is 2.32. The fraction of sp³-hybridized carbons (Fsp3) is 0.667. The molecule has 0 aromatic carbocycles. The molecule has 0 unspecified atom stereocenters. The predicted molar refractivity (Wildman–Crippen MR) is 52.6 cm³/mol. The number of ether oxygens (including phenoxy) is 1. The van der Waals surface area contributed by atoms with E-state index in [4.69, 9.17) is 9.84 Å². The van der Waals surface area contributed by atoms with Crippen molar-refractivity contribution in [3.05, 3.63) is 12.7 Å². The number of nitrogens with two attached hydrogens (primary N) is 1. The van der Waals surface area contributed by atoms with E-state index in [1.807, 2.05) is 0 Å². The lowest BCUT2D eigenvalue weighted by Gasteiger charge is -1.95. The van der Waals surface area contributed by atoms with E-state index in [9.17, 15) is 4.79 Å². The van der Waals surface area contributed by atoms with Gasteiger partial charge >= 0.3 is 5.97 Å². The van der Waals surface area contributed by atoms with Crippen LogP contribution >= 0.6 is 0 Å². The molecule has 0 saturated heterocycles. The fourth-order valence-corrected chi connectivity index (χ4v) is 0.413. The minimum atomic E-state index is -0.968. The molecule has 3 N–H and O–H groups in total. The smallest absolute Gasteiger partial charge is 0.317 e. The van der Waals surface area contributed by atoms with Crippen LogP contribution < -0.4 is 5.73 Å². The molecule has 0 amide bonds. The van der Waals surface area contributed by atoms with E-state index >= 15 is 0 Å². The normalized spacial score (nSPS) is 8.46. The summed E-state index contributed by atoms with van der Waals surface area (Å²) < 4.78 is 5.11. The van der Waals surface area contributed by atoms with Crippen LogP contribution in [0, 0.1) is 0 Å². The number of carboxylic acids is 1. The van der Waals surface area contributed by atoms with Gasteiger partial charge in [-0.15, -0.1) is 6.58 Å². The lowest BCUT2D eigenvalue weighted by atomic mass is 10.4.